The Labute approximate surface area is 150 Å². The Bertz CT molecular complexity index is 973. The summed E-state index contributed by atoms with van der Waals surface area (Å²) < 4.78 is 28.1. The Morgan fingerprint density at radius 1 is 1.09 bits per heavy atom. The van der Waals surface area contributed by atoms with E-state index in [9.17, 15) is 8.42 Å². The summed E-state index contributed by atoms with van der Waals surface area (Å²) >= 11 is 13.8. The third-order valence-corrected chi connectivity index (χ3v) is 5.90. The summed E-state index contributed by atoms with van der Waals surface area (Å²) in [6.45, 7) is 0. The van der Waals surface area contributed by atoms with Crippen LogP contribution in [0.4, 0.5) is 5.69 Å². The van der Waals surface area contributed by atoms with Crippen LogP contribution in [0.5, 0.6) is 0 Å². The van der Waals surface area contributed by atoms with Gasteiger partial charge in [-0.25, -0.2) is 8.42 Å². The monoisotopic (exact) mass is 467 g/mol. The number of sulfonamides is 1. The van der Waals surface area contributed by atoms with Crippen molar-refractivity contribution in [2.24, 2.45) is 0 Å². The van der Waals surface area contributed by atoms with Gasteiger partial charge in [-0.2, -0.15) is 5.10 Å². The zero-order valence-corrected chi connectivity index (χ0v) is 15.3. The molecule has 0 fully saturated rings. The number of halogens is 3. The Morgan fingerprint density at radius 2 is 1.86 bits per heavy atom. The highest BCUT2D eigenvalue weighted by Crippen LogP contribution is 2.27. The maximum Gasteiger partial charge on any atom is 0.261 e. The largest absolute Gasteiger partial charge is 0.280 e. The van der Waals surface area contributed by atoms with Crippen molar-refractivity contribution in [2.45, 2.75) is 4.90 Å². The SMILES string of the molecule is O=S(=O)(Nc1ccc2n[nH]c(I)c2c1)c1ccc(Cl)c(Cl)c1. The molecule has 114 valence electrons. The van der Waals surface area contributed by atoms with E-state index in [1.807, 2.05) is 0 Å². The molecule has 3 aromatic rings. The highest BCUT2D eigenvalue weighted by Gasteiger charge is 2.16. The molecule has 0 spiro atoms. The Morgan fingerprint density at radius 3 is 2.59 bits per heavy atom. The van der Waals surface area contributed by atoms with Gasteiger partial charge in [0.15, 0.2) is 0 Å². The van der Waals surface area contributed by atoms with E-state index in [0.29, 0.717) is 10.7 Å². The topological polar surface area (TPSA) is 74.8 Å². The lowest BCUT2D eigenvalue weighted by Gasteiger charge is -2.09. The van der Waals surface area contributed by atoms with E-state index in [0.717, 1.165) is 14.6 Å². The molecule has 3 rings (SSSR count). The first-order chi connectivity index (χ1) is 10.4. The summed E-state index contributed by atoms with van der Waals surface area (Å²) in [4.78, 5) is 0.0453. The fourth-order valence-electron chi connectivity index (χ4n) is 1.90. The van der Waals surface area contributed by atoms with Crippen molar-refractivity contribution in [1.82, 2.24) is 10.2 Å². The quantitative estimate of drug-likeness (QED) is 0.564. The van der Waals surface area contributed by atoms with Crippen LogP contribution in [-0.2, 0) is 10.0 Å². The van der Waals surface area contributed by atoms with Crippen LogP contribution in [-0.4, -0.2) is 18.6 Å². The van der Waals surface area contributed by atoms with Crippen LogP contribution >= 0.6 is 45.8 Å². The molecule has 1 heterocycles. The van der Waals surface area contributed by atoms with Crippen LogP contribution in [0.3, 0.4) is 0 Å². The molecule has 2 aromatic carbocycles. The highest BCUT2D eigenvalue weighted by molar-refractivity contribution is 14.1. The number of rotatable bonds is 3. The smallest absolute Gasteiger partial charge is 0.261 e. The lowest BCUT2D eigenvalue weighted by atomic mass is 10.2. The minimum absolute atomic E-state index is 0.0453. The van der Waals surface area contributed by atoms with Crippen molar-refractivity contribution in [3.63, 3.8) is 0 Å². The number of hydrogen-bond acceptors (Lipinski definition) is 3. The second-order valence-corrected chi connectivity index (χ2v) is 8.03. The van der Waals surface area contributed by atoms with Gasteiger partial charge in [-0.15, -0.1) is 0 Å². The first-order valence-corrected chi connectivity index (χ1v) is 9.30. The summed E-state index contributed by atoms with van der Waals surface area (Å²) in [5.74, 6) is 0. The normalized spacial score (nSPS) is 11.8. The van der Waals surface area contributed by atoms with Crippen molar-refractivity contribution in [2.75, 3.05) is 4.72 Å². The standard InChI is InChI=1S/C13H8Cl2IN3O2S/c14-10-3-2-8(6-11(10)15)22(20,21)19-7-1-4-12-9(5-7)13(16)18-17-12/h1-6,19H,(H,17,18). The predicted octanol–water partition coefficient (Wildman–Crippen LogP) is 4.28. The Hall–Kier alpha value is -1.03. The van der Waals surface area contributed by atoms with Gasteiger partial charge in [-0.1, -0.05) is 23.2 Å². The zero-order chi connectivity index (χ0) is 15.9. The van der Waals surface area contributed by atoms with Gasteiger partial charge in [0.1, 0.15) is 3.70 Å². The van der Waals surface area contributed by atoms with Crippen LogP contribution in [0.1, 0.15) is 0 Å². The number of H-pyrrole nitrogens is 1. The maximum absolute atomic E-state index is 12.4. The molecule has 0 radical (unpaired) electrons. The fourth-order valence-corrected chi connectivity index (χ4v) is 3.89. The lowest BCUT2D eigenvalue weighted by molar-refractivity contribution is 0.601. The first-order valence-electron chi connectivity index (χ1n) is 5.98. The molecule has 0 bridgehead atoms. The summed E-state index contributed by atoms with van der Waals surface area (Å²) in [6, 6.07) is 9.26. The van der Waals surface area contributed by atoms with Crippen LogP contribution in [0.2, 0.25) is 10.0 Å². The molecule has 0 unspecified atom stereocenters. The average molecular weight is 468 g/mol. The van der Waals surface area contributed by atoms with Gasteiger partial charge in [0.2, 0.25) is 0 Å². The molecule has 0 amide bonds. The van der Waals surface area contributed by atoms with Gasteiger partial charge in [-0.3, -0.25) is 9.82 Å². The average Bonchev–Trinajstić information content (AvgIpc) is 2.83. The Balaban J connectivity index is 1.98. The van der Waals surface area contributed by atoms with Crippen molar-refractivity contribution >= 4 is 72.4 Å². The van der Waals surface area contributed by atoms with Crippen LogP contribution in [0, 0.1) is 3.70 Å². The molecule has 0 aliphatic rings. The van der Waals surface area contributed by atoms with E-state index >= 15 is 0 Å². The number of aromatic amines is 1. The highest BCUT2D eigenvalue weighted by atomic mass is 127. The molecule has 0 aliphatic carbocycles. The maximum atomic E-state index is 12.4. The second kappa shape index (κ2) is 5.88. The molecule has 2 N–H and O–H groups in total. The number of anilines is 1. The fraction of sp³-hybridized carbons (Fsp3) is 0. The molecule has 5 nitrogen and oxygen atoms in total. The van der Waals surface area contributed by atoms with E-state index < -0.39 is 10.0 Å². The molecule has 22 heavy (non-hydrogen) atoms. The molecule has 9 heteroatoms. The van der Waals surface area contributed by atoms with Crippen LogP contribution in [0.25, 0.3) is 10.9 Å². The van der Waals surface area contributed by atoms with Crippen molar-refractivity contribution < 1.29 is 8.42 Å². The third kappa shape index (κ3) is 3.03. The van der Waals surface area contributed by atoms with Gasteiger partial charge >= 0.3 is 0 Å². The van der Waals surface area contributed by atoms with Gasteiger partial charge in [0.05, 0.1) is 20.5 Å². The van der Waals surface area contributed by atoms with E-state index in [1.54, 1.807) is 18.2 Å². The summed E-state index contributed by atoms with van der Waals surface area (Å²) in [5, 5.41) is 8.26. The molecular weight excluding hydrogens is 460 g/mol. The third-order valence-electron chi connectivity index (χ3n) is 2.96. The van der Waals surface area contributed by atoms with Gasteiger partial charge in [0.25, 0.3) is 10.0 Å². The predicted molar refractivity (Wildman–Crippen MR) is 96.1 cm³/mol. The van der Waals surface area contributed by atoms with Crippen molar-refractivity contribution in [3.05, 3.63) is 50.1 Å². The van der Waals surface area contributed by atoms with E-state index in [-0.39, 0.29) is 9.92 Å². The van der Waals surface area contributed by atoms with E-state index in [4.69, 9.17) is 23.2 Å². The number of nitrogens with zero attached hydrogens (tertiary/aromatic N) is 1. The molecule has 0 saturated carbocycles. The Kier molecular flexibility index (Phi) is 4.23. The number of fused-ring (bicyclic) bond motifs is 1. The van der Waals surface area contributed by atoms with Gasteiger partial charge in [0, 0.05) is 11.1 Å². The van der Waals surface area contributed by atoms with Crippen molar-refractivity contribution in [1.29, 1.82) is 0 Å². The number of benzene rings is 2. The van der Waals surface area contributed by atoms with Gasteiger partial charge in [-0.05, 0) is 59.0 Å². The van der Waals surface area contributed by atoms with Crippen molar-refractivity contribution in [3.8, 4) is 0 Å². The number of aromatic nitrogens is 2. The van der Waals surface area contributed by atoms with Crippen LogP contribution < -0.4 is 4.72 Å². The molecule has 1 aromatic heterocycles. The second-order valence-electron chi connectivity index (χ2n) is 4.45. The molecule has 0 aliphatic heterocycles. The lowest BCUT2D eigenvalue weighted by Crippen LogP contribution is -2.12. The molecular formula is C13H8Cl2IN3O2S. The zero-order valence-electron chi connectivity index (χ0n) is 10.8. The van der Waals surface area contributed by atoms with Crippen LogP contribution in [0.15, 0.2) is 41.3 Å². The number of hydrogen-bond donors (Lipinski definition) is 2. The molecule has 0 saturated heterocycles. The minimum atomic E-state index is -3.74. The summed E-state index contributed by atoms with van der Waals surface area (Å²) in [6.07, 6.45) is 0. The summed E-state index contributed by atoms with van der Waals surface area (Å²) in [5.41, 5.74) is 1.21. The number of nitrogens with one attached hydrogen (secondary N) is 2. The minimum Gasteiger partial charge on any atom is -0.280 e. The first kappa shape index (κ1) is 15.9. The summed E-state index contributed by atoms with van der Waals surface area (Å²) in [7, 11) is -3.74. The van der Waals surface area contributed by atoms with Gasteiger partial charge < -0.3 is 0 Å². The van der Waals surface area contributed by atoms with E-state index in [1.165, 1.54) is 18.2 Å². The molecule has 0 atom stereocenters. The van der Waals surface area contributed by atoms with E-state index in [2.05, 4.69) is 37.5 Å².